The van der Waals surface area contributed by atoms with Crippen LogP contribution in [-0.2, 0) is 16.6 Å². The molecule has 0 amide bonds. The van der Waals surface area contributed by atoms with Crippen molar-refractivity contribution in [3.05, 3.63) is 84.4 Å². The molecule has 3 aromatic rings. The summed E-state index contributed by atoms with van der Waals surface area (Å²) in [5, 5.41) is 0. The largest absolute Gasteiger partial charge is 0.457 e. The Labute approximate surface area is 158 Å². The fraction of sp³-hybridized carbons (Fsp3) is 0.100. The highest BCUT2D eigenvalue weighted by Gasteiger charge is 2.13. The summed E-state index contributed by atoms with van der Waals surface area (Å²) in [7, 11) is -3.56. The monoisotopic (exact) mass is 385 g/mol. The molecule has 6 heteroatoms. The Morgan fingerprint density at radius 2 is 1.58 bits per heavy atom. The third-order valence-corrected chi connectivity index (χ3v) is 5.87. The zero-order valence-electron chi connectivity index (χ0n) is 14.3. The summed E-state index contributed by atoms with van der Waals surface area (Å²) in [5.41, 5.74) is 0.822. The summed E-state index contributed by atoms with van der Waals surface area (Å²) in [6.45, 7) is 0.193. The van der Waals surface area contributed by atoms with Crippen LogP contribution in [0.3, 0.4) is 0 Å². The molecule has 0 aliphatic rings. The number of benzene rings is 3. The van der Waals surface area contributed by atoms with E-state index in [0.717, 1.165) is 16.2 Å². The summed E-state index contributed by atoms with van der Waals surface area (Å²) in [4.78, 5) is 1.28. The highest BCUT2D eigenvalue weighted by Crippen LogP contribution is 2.22. The Hall–Kier alpha value is -2.28. The molecule has 0 saturated carbocycles. The van der Waals surface area contributed by atoms with Crippen LogP contribution in [0.1, 0.15) is 5.56 Å². The SMILES string of the molecule is CSc1ccc(S(=O)(=O)NCc2cccc(Oc3ccccc3)c2)cc1. The standard InChI is InChI=1S/C20H19NO3S2/c1-25-19-10-12-20(13-11-19)26(22,23)21-15-16-6-5-9-18(14-16)24-17-7-3-2-4-8-17/h2-14,21H,15H2,1H3. The summed E-state index contributed by atoms with van der Waals surface area (Å²) in [6, 6.07) is 23.6. The second kappa shape index (κ2) is 8.40. The van der Waals surface area contributed by atoms with Crippen molar-refractivity contribution in [1.82, 2.24) is 4.72 Å². The molecule has 26 heavy (non-hydrogen) atoms. The van der Waals surface area contributed by atoms with Crippen molar-refractivity contribution in [2.24, 2.45) is 0 Å². The zero-order chi connectivity index (χ0) is 18.4. The van der Waals surface area contributed by atoms with Gasteiger partial charge in [-0.1, -0.05) is 30.3 Å². The van der Waals surface area contributed by atoms with Crippen molar-refractivity contribution in [3.63, 3.8) is 0 Å². The molecule has 4 nitrogen and oxygen atoms in total. The minimum Gasteiger partial charge on any atom is -0.457 e. The van der Waals surface area contributed by atoms with E-state index in [-0.39, 0.29) is 11.4 Å². The molecule has 0 saturated heterocycles. The van der Waals surface area contributed by atoms with Gasteiger partial charge in [0.15, 0.2) is 0 Å². The molecule has 3 aromatic carbocycles. The molecular weight excluding hydrogens is 366 g/mol. The van der Waals surface area contributed by atoms with E-state index < -0.39 is 10.0 Å². The van der Waals surface area contributed by atoms with Crippen molar-refractivity contribution >= 4 is 21.8 Å². The van der Waals surface area contributed by atoms with Crippen molar-refractivity contribution in [2.45, 2.75) is 16.3 Å². The molecule has 0 radical (unpaired) electrons. The zero-order valence-corrected chi connectivity index (χ0v) is 15.9. The second-order valence-electron chi connectivity index (χ2n) is 5.56. The van der Waals surface area contributed by atoms with Crippen LogP contribution in [0.2, 0.25) is 0 Å². The first kappa shape index (κ1) is 18.5. The van der Waals surface area contributed by atoms with Gasteiger partial charge in [0.1, 0.15) is 11.5 Å². The van der Waals surface area contributed by atoms with Crippen LogP contribution in [-0.4, -0.2) is 14.7 Å². The van der Waals surface area contributed by atoms with E-state index in [1.165, 1.54) is 0 Å². The number of hydrogen-bond donors (Lipinski definition) is 1. The van der Waals surface area contributed by atoms with E-state index in [4.69, 9.17) is 4.74 Å². The molecule has 0 aromatic heterocycles. The smallest absolute Gasteiger partial charge is 0.240 e. The van der Waals surface area contributed by atoms with E-state index in [0.29, 0.717) is 5.75 Å². The van der Waals surface area contributed by atoms with E-state index in [9.17, 15) is 8.42 Å². The van der Waals surface area contributed by atoms with Crippen LogP contribution < -0.4 is 9.46 Å². The molecule has 0 bridgehead atoms. The highest BCUT2D eigenvalue weighted by molar-refractivity contribution is 7.98. The molecule has 1 N–H and O–H groups in total. The lowest BCUT2D eigenvalue weighted by atomic mass is 10.2. The molecule has 0 fully saturated rings. The number of para-hydroxylation sites is 1. The first-order valence-electron chi connectivity index (χ1n) is 8.02. The molecule has 134 valence electrons. The number of nitrogens with one attached hydrogen (secondary N) is 1. The normalized spacial score (nSPS) is 11.3. The van der Waals surface area contributed by atoms with Gasteiger partial charge in [-0.25, -0.2) is 13.1 Å². The lowest BCUT2D eigenvalue weighted by Crippen LogP contribution is -2.23. The fourth-order valence-corrected chi connectivity index (χ4v) is 3.79. The minimum atomic E-state index is -3.56. The van der Waals surface area contributed by atoms with Gasteiger partial charge < -0.3 is 4.74 Å². The Kier molecular flexibility index (Phi) is 5.98. The number of ether oxygens (including phenoxy) is 1. The molecule has 0 unspecified atom stereocenters. The van der Waals surface area contributed by atoms with E-state index in [1.807, 2.05) is 60.9 Å². The van der Waals surface area contributed by atoms with Gasteiger partial charge in [0.05, 0.1) is 4.90 Å². The third kappa shape index (κ3) is 4.88. The second-order valence-corrected chi connectivity index (χ2v) is 8.21. The Morgan fingerprint density at radius 1 is 0.885 bits per heavy atom. The Morgan fingerprint density at radius 3 is 2.27 bits per heavy atom. The van der Waals surface area contributed by atoms with Gasteiger partial charge >= 0.3 is 0 Å². The summed E-state index contributed by atoms with van der Waals surface area (Å²) in [6.07, 6.45) is 1.95. The van der Waals surface area contributed by atoms with Crippen molar-refractivity contribution in [1.29, 1.82) is 0 Å². The Balaban J connectivity index is 1.68. The van der Waals surface area contributed by atoms with Gasteiger partial charge in [0, 0.05) is 11.4 Å². The van der Waals surface area contributed by atoms with Gasteiger partial charge in [0.25, 0.3) is 0 Å². The third-order valence-electron chi connectivity index (χ3n) is 3.71. The molecule has 3 rings (SSSR count). The van der Waals surface area contributed by atoms with Crippen LogP contribution in [0.15, 0.2) is 88.7 Å². The quantitative estimate of drug-likeness (QED) is 0.600. The number of hydrogen-bond acceptors (Lipinski definition) is 4. The summed E-state index contributed by atoms with van der Waals surface area (Å²) in [5.74, 6) is 1.40. The molecule has 0 heterocycles. The number of rotatable bonds is 7. The van der Waals surface area contributed by atoms with Gasteiger partial charge in [-0.15, -0.1) is 11.8 Å². The van der Waals surface area contributed by atoms with Crippen LogP contribution in [0.4, 0.5) is 0 Å². The lowest BCUT2D eigenvalue weighted by molar-refractivity contribution is 0.482. The van der Waals surface area contributed by atoms with Gasteiger partial charge in [0.2, 0.25) is 10.0 Å². The van der Waals surface area contributed by atoms with Crippen molar-refractivity contribution in [3.8, 4) is 11.5 Å². The van der Waals surface area contributed by atoms with Crippen LogP contribution in [0, 0.1) is 0 Å². The van der Waals surface area contributed by atoms with E-state index in [1.54, 1.807) is 36.0 Å². The van der Waals surface area contributed by atoms with Crippen LogP contribution >= 0.6 is 11.8 Å². The first-order valence-corrected chi connectivity index (χ1v) is 10.7. The van der Waals surface area contributed by atoms with Gasteiger partial charge in [-0.05, 0) is 60.4 Å². The molecule has 0 atom stereocenters. The first-order chi connectivity index (χ1) is 12.6. The predicted molar refractivity (Wildman–Crippen MR) is 105 cm³/mol. The van der Waals surface area contributed by atoms with Gasteiger partial charge in [-0.2, -0.15) is 0 Å². The average Bonchev–Trinajstić information content (AvgIpc) is 2.68. The molecular formula is C20H19NO3S2. The maximum atomic E-state index is 12.4. The summed E-state index contributed by atoms with van der Waals surface area (Å²) < 4.78 is 33.3. The van der Waals surface area contributed by atoms with Crippen molar-refractivity contribution in [2.75, 3.05) is 6.26 Å². The fourth-order valence-electron chi connectivity index (χ4n) is 2.36. The average molecular weight is 386 g/mol. The maximum Gasteiger partial charge on any atom is 0.240 e. The predicted octanol–water partition coefficient (Wildman–Crippen LogP) is 4.68. The van der Waals surface area contributed by atoms with Crippen LogP contribution in [0.25, 0.3) is 0 Å². The molecule has 0 spiro atoms. The maximum absolute atomic E-state index is 12.4. The Bertz CT molecular complexity index is 956. The van der Waals surface area contributed by atoms with Crippen LogP contribution in [0.5, 0.6) is 11.5 Å². The lowest BCUT2D eigenvalue weighted by Gasteiger charge is -2.10. The topological polar surface area (TPSA) is 55.4 Å². The summed E-state index contributed by atoms with van der Waals surface area (Å²) >= 11 is 1.57. The number of thioether (sulfide) groups is 1. The molecule has 0 aliphatic carbocycles. The van der Waals surface area contributed by atoms with E-state index >= 15 is 0 Å². The minimum absolute atomic E-state index is 0.193. The molecule has 0 aliphatic heterocycles. The highest BCUT2D eigenvalue weighted by atomic mass is 32.2. The van der Waals surface area contributed by atoms with E-state index in [2.05, 4.69) is 4.72 Å². The van der Waals surface area contributed by atoms with Gasteiger partial charge in [-0.3, -0.25) is 0 Å². The van der Waals surface area contributed by atoms with Crippen molar-refractivity contribution < 1.29 is 13.2 Å². The number of sulfonamides is 1.